The molecule has 2 heterocycles. The Morgan fingerprint density at radius 3 is 2.73 bits per heavy atom. The van der Waals surface area contributed by atoms with Gasteiger partial charge in [0, 0.05) is 32.7 Å². The summed E-state index contributed by atoms with van der Waals surface area (Å²) in [6.45, 7) is 8.73. The summed E-state index contributed by atoms with van der Waals surface area (Å²) in [7, 11) is 0. The van der Waals surface area contributed by atoms with Crippen LogP contribution in [-0.4, -0.2) is 46.9 Å². The van der Waals surface area contributed by atoms with Gasteiger partial charge in [0.1, 0.15) is 4.88 Å². The Labute approximate surface area is 160 Å². The van der Waals surface area contributed by atoms with Crippen LogP contribution in [0.3, 0.4) is 0 Å². The summed E-state index contributed by atoms with van der Waals surface area (Å²) >= 11 is 1.60. The van der Waals surface area contributed by atoms with Gasteiger partial charge in [-0.1, -0.05) is 43.7 Å². The van der Waals surface area contributed by atoms with Gasteiger partial charge in [0.15, 0.2) is 0 Å². The van der Waals surface area contributed by atoms with Crippen LogP contribution in [0.1, 0.15) is 52.1 Å². The molecule has 0 unspecified atom stereocenters. The fraction of sp³-hybridized carbons (Fsp3) is 0.524. The summed E-state index contributed by atoms with van der Waals surface area (Å²) in [5.41, 5.74) is 2.24. The molecule has 5 heteroatoms. The molecule has 0 saturated carbocycles. The van der Waals surface area contributed by atoms with E-state index < -0.39 is 0 Å². The lowest BCUT2D eigenvalue weighted by Crippen LogP contribution is -2.35. The average molecular weight is 372 g/mol. The molecule has 26 heavy (non-hydrogen) atoms. The number of hydrogen-bond acceptors (Lipinski definition) is 4. The van der Waals surface area contributed by atoms with Crippen LogP contribution in [0.2, 0.25) is 0 Å². The normalized spacial score (nSPS) is 15.8. The second-order valence-electron chi connectivity index (χ2n) is 7.03. The van der Waals surface area contributed by atoms with Gasteiger partial charge in [0.25, 0.3) is 5.91 Å². The SMILES string of the molecule is CCCCc1nc(C)c(C(=O)N2CCCN(Cc3ccccc3)CC2)s1. The van der Waals surface area contributed by atoms with Gasteiger partial charge in [0.2, 0.25) is 0 Å². The van der Waals surface area contributed by atoms with Gasteiger partial charge in [-0.3, -0.25) is 9.69 Å². The van der Waals surface area contributed by atoms with E-state index in [1.807, 2.05) is 11.8 Å². The monoisotopic (exact) mass is 371 g/mol. The largest absolute Gasteiger partial charge is 0.337 e. The second-order valence-corrected chi connectivity index (χ2v) is 8.12. The van der Waals surface area contributed by atoms with Crippen molar-refractivity contribution in [1.29, 1.82) is 0 Å². The molecule has 1 amide bonds. The molecule has 1 saturated heterocycles. The van der Waals surface area contributed by atoms with Crippen molar-refractivity contribution in [2.24, 2.45) is 0 Å². The zero-order valence-corrected chi connectivity index (χ0v) is 16.7. The molecule has 2 aromatic rings. The molecular weight excluding hydrogens is 342 g/mol. The minimum absolute atomic E-state index is 0.171. The van der Waals surface area contributed by atoms with Gasteiger partial charge in [0.05, 0.1) is 10.7 Å². The molecule has 1 fully saturated rings. The summed E-state index contributed by atoms with van der Waals surface area (Å²) in [4.78, 5) is 22.9. The van der Waals surface area contributed by atoms with E-state index in [0.29, 0.717) is 0 Å². The first kappa shape index (κ1) is 19.1. The van der Waals surface area contributed by atoms with Crippen molar-refractivity contribution in [3.05, 3.63) is 51.5 Å². The van der Waals surface area contributed by atoms with Crippen LogP contribution in [0.5, 0.6) is 0 Å². The first-order valence-corrected chi connectivity index (χ1v) is 10.5. The Kier molecular flexibility index (Phi) is 6.80. The van der Waals surface area contributed by atoms with Crippen molar-refractivity contribution in [1.82, 2.24) is 14.8 Å². The maximum absolute atomic E-state index is 13.0. The molecule has 3 rings (SSSR count). The van der Waals surface area contributed by atoms with Crippen molar-refractivity contribution in [3.63, 3.8) is 0 Å². The number of aromatic nitrogens is 1. The smallest absolute Gasteiger partial charge is 0.265 e. The zero-order chi connectivity index (χ0) is 18.4. The van der Waals surface area contributed by atoms with E-state index in [4.69, 9.17) is 0 Å². The predicted octanol–water partition coefficient (Wildman–Crippen LogP) is 4.14. The number of carbonyl (C=O) groups is 1. The van der Waals surface area contributed by atoms with E-state index in [1.54, 1.807) is 11.3 Å². The third kappa shape index (κ3) is 4.92. The lowest BCUT2D eigenvalue weighted by molar-refractivity contribution is 0.0765. The van der Waals surface area contributed by atoms with E-state index in [2.05, 4.69) is 47.1 Å². The van der Waals surface area contributed by atoms with E-state index in [-0.39, 0.29) is 5.91 Å². The van der Waals surface area contributed by atoms with Crippen molar-refractivity contribution in [2.75, 3.05) is 26.2 Å². The van der Waals surface area contributed by atoms with Crippen LogP contribution in [-0.2, 0) is 13.0 Å². The van der Waals surface area contributed by atoms with Gasteiger partial charge in [-0.05, 0) is 31.7 Å². The number of amides is 1. The van der Waals surface area contributed by atoms with Crippen LogP contribution < -0.4 is 0 Å². The molecule has 0 aliphatic carbocycles. The standard InChI is InChI=1S/C21H29N3OS/c1-3-4-11-19-22-17(2)20(26-19)21(25)24-13-8-12-23(14-15-24)16-18-9-6-5-7-10-18/h5-7,9-10H,3-4,8,11-16H2,1-2H3. The molecule has 140 valence electrons. The van der Waals surface area contributed by atoms with Gasteiger partial charge < -0.3 is 4.90 Å². The highest BCUT2D eigenvalue weighted by Gasteiger charge is 2.24. The maximum atomic E-state index is 13.0. The molecule has 0 atom stereocenters. The summed E-state index contributed by atoms with van der Waals surface area (Å²) in [6.07, 6.45) is 4.31. The van der Waals surface area contributed by atoms with E-state index in [9.17, 15) is 4.79 Å². The molecule has 0 radical (unpaired) electrons. The van der Waals surface area contributed by atoms with E-state index in [1.165, 1.54) is 5.56 Å². The molecule has 1 aliphatic heterocycles. The van der Waals surface area contributed by atoms with Crippen LogP contribution in [0.15, 0.2) is 30.3 Å². The summed E-state index contributed by atoms with van der Waals surface area (Å²) in [5, 5.41) is 1.10. The summed E-state index contributed by atoms with van der Waals surface area (Å²) < 4.78 is 0. The molecule has 4 nitrogen and oxygen atoms in total. The first-order chi connectivity index (χ1) is 12.7. The molecule has 0 bridgehead atoms. The van der Waals surface area contributed by atoms with Crippen LogP contribution >= 0.6 is 11.3 Å². The highest BCUT2D eigenvalue weighted by molar-refractivity contribution is 7.13. The predicted molar refractivity (Wildman–Crippen MR) is 108 cm³/mol. The minimum atomic E-state index is 0.171. The van der Waals surface area contributed by atoms with Crippen molar-refractivity contribution in [3.8, 4) is 0 Å². The number of benzene rings is 1. The van der Waals surface area contributed by atoms with Crippen LogP contribution in [0.25, 0.3) is 0 Å². The highest BCUT2D eigenvalue weighted by Crippen LogP contribution is 2.22. The maximum Gasteiger partial charge on any atom is 0.265 e. The van der Waals surface area contributed by atoms with Gasteiger partial charge >= 0.3 is 0 Å². The fourth-order valence-corrected chi connectivity index (χ4v) is 4.48. The molecular formula is C21H29N3OS. The Bertz CT molecular complexity index is 713. The van der Waals surface area contributed by atoms with E-state index >= 15 is 0 Å². The summed E-state index contributed by atoms with van der Waals surface area (Å²) in [5.74, 6) is 0.171. The summed E-state index contributed by atoms with van der Waals surface area (Å²) in [6, 6.07) is 10.6. The molecule has 0 N–H and O–H groups in total. The Balaban J connectivity index is 1.60. The quantitative estimate of drug-likeness (QED) is 0.766. The Hall–Kier alpha value is -1.72. The van der Waals surface area contributed by atoms with Crippen LogP contribution in [0, 0.1) is 6.92 Å². The van der Waals surface area contributed by atoms with Gasteiger partial charge in [-0.25, -0.2) is 4.98 Å². The lowest BCUT2D eigenvalue weighted by atomic mass is 10.2. The molecule has 1 aliphatic rings. The number of carbonyl (C=O) groups excluding carboxylic acids is 1. The number of unbranched alkanes of at least 4 members (excludes halogenated alkanes) is 1. The lowest BCUT2D eigenvalue weighted by Gasteiger charge is -2.21. The van der Waals surface area contributed by atoms with Gasteiger partial charge in [-0.2, -0.15) is 0 Å². The average Bonchev–Trinajstić information content (AvgIpc) is 2.87. The number of aryl methyl sites for hydroxylation is 2. The Morgan fingerprint density at radius 1 is 1.15 bits per heavy atom. The molecule has 0 spiro atoms. The third-order valence-electron chi connectivity index (χ3n) is 4.90. The molecule has 1 aromatic carbocycles. The van der Waals surface area contributed by atoms with Crippen molar-refractivity contribution in [2.45, 2.75) is 46.1 Å². The number of hydrogen-bond donors (Lipinski definition) is 0. The topological polar surface area (TPSA) is 36.4 Å². The number of nitrogens with zero attached hydrogens (tertiary/aromatic N) is 3. The highest BCUT2D eigenvalue weighted by atomic mass is 32.1. The second kappa shape index (κ2) is 9.28. The Morgan fingerprint density at radius 2 is 1.96 bits per heavy atom. The zero-order valence-electron chi connectivity index (χ0n) is 15.9. The first-order valence-electron chi connectivity index (χ1n) is 9.69. The van der Waals surface area contributed by atoms with Crippen molar-refractivity contribution >= 4 is 17.2 Å². The molecule has 1 aromatic heterocycles. The van der Waals surface area contributed by atoms with E-state index in [0.717, 1.165) is 74.0 Å². The van der Waals surface area contributed by atoms with Crippen LogP contribution in [0.4, 0.5) is 0 Å². The fourth-order valence-electron chi connectivity index (χ4n) is 3.40. The minimum Gasteiger partial charge on any atom is -0.337 e. The van der Waals surface area contributed by atoms with Gasteiger partial charge in [-0.15, -0.1) is 11.3 Å². The number of thiazole rings is 1. The number of rotatable bonds is 6. The van der Waals surface area contributed by atoms with Crippen molar-refractivity contribution < 1.29 is 4.79 Å². The third-order valence-corrected chi connectivity index (χ3v) is 6.11.